The van der Waals surface area contributed by atoms with Gasteiger partial charge in [0.1, 0.15) is 0 Å². The Kier molecular flexibility index (Phi) is 4.27. The number of methoxy groups -OCH3 is 1. The van der Waals surface area contributed by atoms with E-state index in [9.17, 15) is 0 Å². The van der Waals surface area contributed by atoms with Crippen LogP contribution in [0.15, 0.2) is 6.20 Å². The number of anilines is 1. The number of aromatic nitrogens is 2. The second kappa shape index (κ2) is 5.74. The van der Waals surface area contributed by atoms with Crippen LogP contribution in [0.5, 0.6) is 0 Å². The van der Waals surface area contributed by atoms with Crippen LogP contribution >= 0.6 is 0 Å². The van der Waals surface area contributed by atoms with Crippen molar-refractivity contribution >= 4 is 5.69 Å². The van der Waals surface area contributed by atoms with Crippen LogP contribution in [0.2, 0.25) is 0 Å². The molecule has 1 aromatic heterocycles. The lowest BCUT2D eigenvalue weighted by Gasteiger charge is -2.32. The third kappa shape index (κ3) is 2.69. The Morgan fingerprint density at radius 3 is 2.56 bits per heavy atom. The first kappa shape index (κ1) is 13.4. The molecular weight excluding hydrogens is 226 g/mol. The van der Waals surface area contributed by atoms with Crippen molar-refractivity contribution in [2.75, 3.05) is 25.1 Å². The van der Waals surface area contributed by atoms with Crippen molar-refractivity contribution in [3.63, 3.8) is 0 Å². The summed E-state index contributed by atoms with van der Waals surface area (Å²) < 4.78 is 7.48. The maximum Gasteiger partial charge on any atom is 0.0883 e. The summed E-state index contributed by atoms with van der Waals surface area (Å²) in [6.45, 7) is 9.66. The number of nitrogens with zero attached hydrogens (tertiary/aromatic N) is 3. The first-order valence-electron chi connectivity index (χ1n) is 7.00. The van der Waals surface area contributed by atoms with E-state index in [1.165, 1.54) is 11.4 Å². The monoisotopic (exact) mass is 251 g/mol. The Balaban J connectivity index is 2.15. The van der Waals surface area contributed by atoms with Gasteiger partial charge in [0.2, 0.25) is 0 Å². The van der Waals surface area contributed by atoms with Gasteiger partial charge in [-0.15, -0.1) is 0 Å². The maximum atomic E-state index is 5.43. The van der Waals surface area contributed by atoms with Crippen LogP contribution in [0.4, 0.5) is 5.69 Å². The second-order valence-electron chi connectivity index (χ2n) is 5.33. The molecule has 1 aromatic rings. The summed E-state index contributed by atoms with van der Waals surface area (Å²) in [6, 6.07) is 0. The highest BCUT2D eigenvalue weighted by Gasteiger charge is 2.23. The molecule has 1 aliphatic rings. The molecule has 0 aliphatic carbocycles. The molecule has 2 heterocycles. The van der Waals surface area contributed by atoms with E-state index in [-0.39, 0.29) is 0 Å². The van der Waals surface area contributed by atoms with Gasteiger partial charge >= 0.3 is 0 Å². The molecule has 4 nitrogen and oxygen atoms in total. The Morgan fingerprint density at radius 2 is 2.06 bits per heavy atom. The average molecular weight is 251 g/mol. The van der Waals surface area contributed by atoms with Crippen molar-refractivity contribution in [2.45, 2.75) is 52.2 Å². The summed E-state index contributed by atoms with van der Waals surface area (Å²) >= 11 is 0. The smallest absolute Gasteiger partial charge is 0.0883 e. The zero-order valence-electron chi connectivity index (χ0n) is 12.0. The number of hydrogen-bond acceptors (Lipinski definition) is 3. The van der Waals surface area contributed by atoms with Crippen LogP contribution in [0.3, 0.4) is 0 Å². The summed E-state index contributed by atoms with van der Waals surface area (Å²) in [5, 5.41) is 4.69. The quantitative estimate of drug-likeness (QED) is 0.824. The molecule has 0 N–H and O–H groups in total. The number of ether oxygens (including phenoxy) is 1. The first-order chi connectivity index (χ1) is 8.65. The SMILES string of the molecule is CCn1cc(N2CCC(OC)CC2)c(C(C)C)n1. The fourth-order valence-corrected chi connectivity index (χ4v) is 2.58. The van der Waals surface area contributed by atoms with E-state index < -0.39 is 0 Å². The molecule has 0 atom stereocenters. The fourth-order valence-electron chi connectivity index (χ4n) is 2.58. The molecule has 0 amide bonds. The molecule has 1 saturated heterocycles. The molecule has 0 bridgehead atoms. The van der Waals surface area contributed by atoms with Crippen molar-refractivity contribution in [3.8, 4) is 0 Å². The lowest BCUT2D eigenvalue weighted by atomic mass is 10.0. The third-order valence-corrected chi connectivity index (χ3v) is 3.76. The summed E-state index contributed by atoms with van der Waals surface area (Å²) in [6.07, 6.45) is 4.86. The molecular formula is C14H25N3O. The van der Waals surface area contributed by atoms with Gasteiger partial charge in [-0.05, 0) is 25.7 Å². The van der Waals surface area contributed by atoms with Crippen molar-refractivity contribution in [1.82, 2.24) is 9.78 Å². The molecule has 1 fully saturated rings. The van der Waals surface area contributed by atoms with Crippen molar-refractivity contribution in [1.29, 1.82) is 0 Å². The topological polar surface area (TPSA) is 30.3 Å². The van der Waals surface area contributed by atoms with E-state index in [1.807, 2.05) is 11.8 Å². The van der Waals surface area contributed by atoms with E-state index in [2.05, 4.69) is 37.0 Å². The number of piperidine rings is 1. The standard InChI is InChI=1S/C14H25N3O/c1-5-17-10-13(14(15-17)11(2)3)16-8-6-12(18-4)7-9-16/h10-12H,5-9H2,1-4H3. The van der Waals surface area contributed by atoms with Crippen molar-refractivity contribution < 1.29 is 4.74 Å². The second-order valence-corrected chi connectivity index (χ2v) is 5.33. The van der Waals surface area contributed by atoms with Crippen molar-refractivity contribution in [3.05, 3.63) is 11.9 Å². The van der Waals surface area contributed by atoms with E-state index in [4.69, 9.17) is 4.74 Å². The van der Waals surface area contributed by atoms with Crippen LogP contribution in [-0.4, -0.2) is 36.1 Å². The molecule has 0 radical (unpaired) electrons. The van der Waals surface area contributed by atoms with Crippen molar-refractivity contribution in [2.24, 2.45) is 0 Å². The Bertz CT molecular complexity index is 378. The molecule has 102 valence electrons. The average Bonchev–Trinajstić information content (AvgIpc) is 2.83. The summed E-state index contributed by atoms with van der Waals surface area (Å²) in [5.74, 6) is 0.480. The molecule has 0 aromatic carbocycles. The lowest BCUT2D eigenvalue weighted by Crippen LogP contribution is -2.37. The van der Waals surface area contributed by atoms with Gasteiger partial charge < -0.3 is 9.64 Å². The van der Waals surface area contributed by atoms with Gasteiger partial charge in [-0.2, -0.15) is 5.10 Å². The molecule has 18 heavy (non-hydrogen) atoms. The van der Waals surface area contributed by atoms with Gasteiger partial charge in [0.25, 0.3) is 0 Å². The summed E-state index contributed by atoms with van der Waals surface area (Å²) in [4.78, 5) is 2.46. The van der Waals surface area contributed by atoms with E-state index in [0.29, 0.717) is 12.0 Å². The fraction of sp³-hybridized carbons (Fsp3) is 0.786. The van der Waals surface area contributed by atoms with Crippen LogP contribution < -0.4 is 4.90 Å². The lowest BCUT2D eigenvalue weighted by molar-refractivity contribution is 0.0819. The molecule has 2 rings (SSSR count). The molecule has 0 saturated carbocycles. The molecule has 0 unspecified atom stereocenters. The minimum absolute atomic E-state index is 0.435. The summed E-state index contributed by atoms with van der Waals surface area (Å²) in [5.41, 5.74) is 2.55. The maximum absolute atomic E-state index is 5.43. The highest BCUT2D eigenvalue weighted by Crippen LogP contribution is 2.29. The van der Waals surface area contributed by atoms with E-state index >= 15 is 0 Å². The van der Waals surface area contributed by atoms with Crippen LogP contribution in [0, 0.1) is 0 Å². The predicted molar refractivity (Wildman–Crippen MR) is 74.2 cm³/mol. The Morgan fingerprint density at radius 1 is 1.39 bits per heavy atom. The Labute approximate surface area is 110 Å². The van der Waals surface area contributed by atoms with Crippen LogP contribution in [-0.2, 0) is 11.3 Å². The van der Waals surface area contributed by atoms with Crippen LogP contribution in [0.25, 0.3) is 0 Å². The van der Waals surface area contributed by atoms with Gasteiger partial charge in [-0.3, -0.25) is 4.68 Å². The van der Waals surface area contributed by atoms with Crippen LogP contribution in [0.1, 0.15) is 45.2 Å². The highest BCUT2D eigenvalue weighted by molar-refractivity contribution is 5.51. The molecule has 4 heteroatoms. The zero-order valence-corrected chi connectivity index (χ0v) is 12.0. The van der Waals surface area contributed by atoms with Gasteiger partial charge in [-0.1, -0.05) is 13.8 Å². The Hall–Kier alpha value is -1.03. The highest BCUT2D eigenvalue weighted by atomic mass is 16.5. The minimum atomic E-state index is 0.435. The van der Waals surface area contributed by atoms with Gasteiger partial charge in [0.05, 0.1) is 17.5 Å². The third-order valence-electron chi connectivity index (χ3n) is 3.76. The number of rotatable bonds is 4. The summed E-state index contributed by atoms with van der Waals surface area (Å²) in [7, 11) is 1.81. The molecule has 1 aliphatic heterocycles. The molecule has 0 spiro atoms. The largest absolute Gasteiger partial charge is 0.381 e. The number of aryl methyl sites for hydroxylation is 1. The number of hydrogen-bond donors (Lipinski definition) is 0. The first-order valence-corrected chi connectivity index (χ1v) is 7.00. The van der Waals surface area contributed by atoms with E-state index in [0.717, 1.165) is 32.5 Å². The minimum Gasteiger partial charge on any atom is -0.381 e. The van der Waals surface area contributed by atoms with Gasteiger partial charge in [0, 0.05) is 32.9 Å². The van der Waals surface area contributed by atoms with E-state index in [1.54, 1.807) is 0 Å². The van der Waals surface area contributed by atoms with Gasteiger partial charge in [0.15, 0.2) is 0 Å². The van der Waals surface area contributed by atoms with Gasteiger partial charge in [-0.25, -0.2) is 0 Å². The zero-order chi connectivity index (χ0) is 13.1. The predicted octanol–water partition coefficient (Wildman–Crippen LogP) is 2.64. The normalized spacial score (nSPS) is 17.7.